The molecular formula is C28H25ClNO3+. The summed E-state index contributed by atoms with van der Waals surface area (Å²) in [5.41, 5.74) is 5.08. The normalized spacial score (nSPS) is 12.2. The minimum atomic E-state index is -0.628. The van der Waals surface area contributed by atoms with E-state index >= 15 is 0 Å². The van der Waals surface area contributed by atoms with Gasteiger partial charge in [0.2, 0.25) is 0 Å². The van der Waals surface area contributed by atoms with Crippen molar-refractivity contribution in [2.24, 2.45) is 0 Å². The van der Waals surface area contributed by atoms with Crippen molar-refractivity contribution in [3.63, 3.8) is 0 Å². The number of halogens is 1. The number of esters is 1. The smallest absolute Gasteiger partial charge is 0.388 e. The molecule has 3 aromatic carbocycles. The van der Waals surface area contributed by atoms with Crippen molar-refractivity contribution in [2.75, 3.05) is 7.11 Å². The lowest BCUT2D eigenvalue weighted by Gasteiger charge is -2.12. The maximum Gasteiger partial charge on any atom is 0.517 e. The first-order chi connectivity index (χ1) is 16.0. The number of aryl methyl sites for hydroxylation is 1. The number of methoxy groups -OCH3 is 1. The first-order valence-electron chi connectivity index (χ1n) is 10.7. The molecule has 4 rings (SSSR count). The van der Waals surface area contributed by atoms with E-state index in [2.05, 4.69) is 4.98 Å². The van der Waals surface area contributed by atoms with E-state index in [1.807, 2.05) is 84.9 Å². The Balaban J connectivity index is 1.46. The van der Waals surface area contributed by atoms with Gasteiger partial charge in [-0.25, -0.2) is 4.98 Å². The zero-order valence-corrected chi connectivity index (χ0v) is 19.0. The number of rotatable bonds is 7. The van der Waals surface area contributed by atoms with Crippen molar-refractivity contribution in [1.82, 2.24) is 4.98 Å². The fourth-order valence-electron chi connectivity index (χ4n) is 3.77. The van der Waals surface area contributed by atoms with Crippen LogP contribution < -0.4 is 0 Å². The lowest BCUT2D eigenvalue weighted by Crippen LogP contribution is -2.08. The Bertz CT molecular complexity index is 1320. The average molecular weight is 459 g/mol. The lowest BCUT2D eigenvalue weighted by atomic mass is 9.97. The minimum Gasteiger partial charge on any atom is -0.388 e. The van der Waals surface area contributed by atoms with Crippen molar-refractivity contribution >= 4 is 40.6 Å². The minimum absolute atomic E-state index is 0.114. The van der Waals surface area contributed by atoms with Crippen LogP contribution in [0.1, 0.15) is 40.5 Å². The number of fused-ring (bicyclic) bond motifs is 1. The van der Waals surface area contributed by atoms with Gasteiger partial charge in [0.15, 0.2) is 7.11 Å². The molecular weight excluding hydrogens is 434 g/mol. The van der Waals surface area contributed by atoms with E-state index in [1.54, 1.807) is 6.07 Å². The third-order valence-electron chi connectivity index (χ3n) is 5.55. The molecule has 0 amide bonds. The Hall–Kier alpha value is -3.47. The van der Waals surface area contributed by atoms with Gasteiger partial charge in [0, 0.05) is 10.4 Å². The maximum absolute atomic E-state index is 10.8. The van der Waals surface area contributed by atoms with Crippen LogP contribution in [0.3, 0.4) is 0 Å². The van der Waals surface area contributed by atoms with Gasteiger partial charge in [-0.1, -0.05) is 66.2 Å². The monoisotopic (exact) mass is 458 g/mol. The number of pyridine rings is 1. The zero-order valence-electron chi connectivity index (χ0n) is 18.3. The van der Waals surface area contributed by atoms with Crippen molar-refractivity contribution < 1.29 is 14.6 Å². The molecule has 1 aromatic heterocycles. The van der Waals surface area contributed by atoms with Gasteiger partial charge in [0.05, 0.1) is 17.3 Å². The molecule has 33 heavy (non-hydrogen) atoms. The molecule has 1 atom stereocenters. The summed E-state index contributed by atoms with van der Waals surface area (Å²) in [7, 11) is 1.43. The van der Waals surface area contributed by atoms with E-state index in [0.717, 1.165) is 33.3 Å². The molecule has 0 aliphatic rings. The zero-order chi connectivity index (χ0) is 23.2. The van der Waals surface area contributed by atoms with Gasteiger partial charge in [0.1, 0.15) is 5.56 Å². The van der Waals surface area contributed by atoms with Crippen LogP contribution in [0.2, 0.25) is 5.02 Å². The highest BCUT2D eigenvalue weighted by molar-refractivity contribution is 6.31. The maximum atomic E-state index is 10.8. The van der Waals surface area contributed by atoms with E-state index in [9.17, 15) is 9.90 Å². The molecule has 0 aliphatic heterocycles. The topological polar surface area (TPSA) is 63.8 Å². The lowest BCUT2D eigenvalue weighted by molar-refractivity contribution is 0.168. The fourth-order valence-corrected chi connectivity index (χ4v) is 3.93. The van der Waals surface area contributed by atoms with Gasteiger partial charge in [-0.3, -0.25) is 0 Å². The number of hydrogen-bond donors (Lipinski definition) is 1. The van der Waals surface area contributed by atoms with Gasteiger partial charge < -0.3 is 14.6 Å². The number of aliphatic hydroxyl groups excluding tert-OH is 1. The first kappa shape index (κ1) is 22.7. The summed E-state index contributed by atoms with van der Waals surface area (Å²) >= 11 is 6.09. The van der Waals surface area contributed by atoms with Gasteiger partial charge in [0.25, 0.3) is 0 Å². The third kappa shape index (κ3) is 5.67. The Kier molecular flexibility index (Phi) is 7.18. The van der Waals surface area contributed by atoms with E-state index in [0.29, 0.717) is 23.4 Å². The van der Waals surface area contributed by atoms with Gasteiger partial charge >= 0.3 is 5.97 Å². The summed E-state index contributed by atoms with van der Waals surface area (Å²) in [6.45, 7) is 0. The van der Waals surface area contributed by atoms with Crippen molar-refractivity contribution in [3.8, 4) is 0 Å². The highest BCUT2D eigenvalue weighted by Gasteiger charge is 2.18. The number of aliphatic hydroxyl groups is 1. The Morgan fingerprint density at radius 1 is 1.03 bits per heavy atom. The number of hydrogen-bond acceptors (Lipinski definition) is 3. The van der Waals surface area contributed by atoms with E-state index < -0.39 is 6.10 Å². The van der Waals surface area contributed by atoms with Crippen molar-refractivity contribution in [3.05, 3.63) is 112 Å². The van der Waals surface area contributed by atoms with Crippen LogP contribution >= 0.6 is 11.6 Å². The molecule has 4 nitrogen and oxygen atoms in total. The third-order valence-corrected chi connectivity index (χ3v) is 5.78. The van der Waals surface area contributed by atoms with E-state index in [1.165, 1.54) is 7.11 Å². The molecule has 0 aliphatic carbocycles. The Morgan fingerprint density at radius 2 is 1.85 bits per heavy atom. The summed E-state index contributed by atoms with van der Waals surface area (Å²) in [6.07, 6.45) is 4.43. The summed E-state index contributed by atoms with van der Waals surface area (Å²) < 4.78 is 4.97. The standard InChI is InChI=1S/C28H24ClNO3/c1-33-28(32)25-8-3-2-6-20(25)12-16-27(31)22-7-4-5-19(17-22)9-14-24-15-11-21-10-13-23(29)18-26(21)30-24/h2-11,13-15,17-18,27,31H,12,16H2,1H3/p+1/b14-9+/t27-/m1/s1. The molecule has 0 spiro atoms. The van der Waals surface area contributed by atoms with Crippen LogP contribution in [-0.4, -0.2) is 28.0 Å². The molecule has 0 unspecified atom stereocenters. The van der Waals surface area contributed by atoms with Crippen LogP contribution in [-0.2, 0) is 11.2 Å². The summed E-state index contributed by atoms with van der Waals surface area (Å²) in [5.74, 6) is -0.114. The van der Waals surface area contributed by atoms with Gasteiger partial charge in [-0.15, -0.1) is 0 Å². The van der Waals surface area contributed by atoms with E-state index in [-0.39, 0.29) is 5.97 Å². The number of aromatic nitrogens is 1. The van der Waals surface area contributed by atoms with Crippen LogP contribution in [0.25, 0.3) is 23.1 Å². The number of nitrogens with zero attached hydrogens (tertiary/aromatic N) is 1. The van der Waals surface area contributed by atoms with E-state index in [4.69, 9.17) is 16.3 Å². The molecule has 0 fully saturated rings. The summed E-state index contributed by atoms with van der Waals surface area (Å²) in [4.78, 5) is 14.6. The largest absolute Gasteiger partial charge is 0.517 e. The molecule has 1 heterocycles. The first-order valence-corrected chi connectivity index (χ1v) is 11.1. The highest BCUT2D eigenvalue weighted by atomic mass is 35.5. The summed E-state index contributed by atoms with van der Waals surface area (Å²) in [6, 6.07) is 25.0. The molecule has 0 radical (unpaired) electrons. The average Bonchev–Trinajstić information content (AvgIpc) is 2.85. The molecule has 166 valence electrons. The molecule has 2 N–H and O–H groups in total. The van der Waals surface area contributed by atoms with Gasteiger partial charge in [-0.05, 0) is 65.9 Å². The van der Waals surface area contributed by atoms with Crippen LogP contribution in [0, 0.1) is 0 Å². The molecule has 5 heteroatoms. The fraction of sp³-hybridized carbons (Fsp3) is 0.143. The molecule has 0 bridgehead atoms. The number of carbonyl (C=O) groups excluding carboxylic acids is 1. The Morgan fingerprint density at radius 3 is 2.70 bits per heavy atom. The number of ether oxygens (including phenoxy) is 1. The molecule has 0 saturated heterocycles. The summed E-state index contributed by atoms with van der Waals surface area (Å²) in [5, 5.41) is 12.5. The van der Waals surface area contributed by atoms with Crippen LogP contribution in [0.4, 0.5) is 0 Å². The molecule has 0 saturated carbocycles. The van der Waals surface area contributed by atoms with Crippen molar-refractivity contribution in [1.29, 1.82) is 0 Å². The SMILES string of the molecule is COC(=[OH+])c1ccccc1CC[C@@H](O)c1cccc(/C=C/c2ccc3ccc(Cl)cc3n2)c1. The Labute approximate surface area is 198 Å². The van der Waals surface area contributed by atoms with Crippen molar-refractivity contribution in [2.45, 2.75) is 18.9 Å². The second-order valence-electron chi connectivity index (χ2n) is 7.80. The molecule has 4 aromatic rings. The predicted octanol–water partition coefficient (Wildman–Crippen LogP) is 6.22. The second kappa shape index (κ2) is 10.4. The van der Waals surface area contributed by atoms with Crippen LogP contribution in [0.5, 0.6) is 0 Å². The quantitative estimate of drug-likeness (QED) is 0.264. The van der Waals surface area contributed by atoms with Gasteiger partial charge in [-0.2, -0.15) is 0 Å². The highest BCUT2D eigenvalue weighted by Crippen LogP contribution is 2.23. The van der Waals surface area contributed by atoms with Crippen LogP contribution in [0.15, 0.2) is 78.9 Å². The number of benzene rings is 3. The predicted molar refractivity (Wildman–Crippen MR) is 135 cm³/mol. The second-order valence-corrected chi connectivity index (χ2v) is 8.23.